The van der Waals surface area contributed by atoms with Gasteiger partial charge >= 0.3 is 0 Å². The average Bonchev–Trinajstić information content (AvgIpc) is 3.19. The van der Waals surface area contributed by atoms with Gasteiger partial charge in [-0.1, -0.05) is 12.1 Å². The van der Waals surface area contributed by atoms with E-state index in [0.29, 0.717) is 24.6 Å². The minimum absolute atomic E-state index is 0.0874. The number of hydrogen-bond donors (Lipinski definition) is 1. The fraction of sp³-hybridized carbons (Fsp3) is 0.158. The van der Waals surface area contributed by atoms with Crippen molar-refractivity contribution in [3.05, 3.63) is 71.2 Å². The highest BCUT2D eigenvalue weighted by Gasteiger charge is 2.22. The van der Waals surface area contributed by atoms with Crippen molar-refractivity contribution in [2.24, 2.45) is 7.05 Å². The van der Waals surface area contributed by atoms with Crippen molar-refractivity contribution in [1.29, 1.82) is 0 Å². The van der Waals surface area contributed by atoms with Crippen molar-refractivity contribution >= 4 is 5.91 Å². The third-order valence-electron chi connectivity index (χ3n) is 4.23. The van der Waals surface area contributed by atoms with Crippen LogP contribution < -0.4 is 10.1 Å². The number of carbonyl (C=O) groups is 1. The van der Waals surface area contributed by atoms with E-state index in [0.717, 1.165) is 22.3 Å². The van der Waals surface area contributed by atoms with Gasteiger partial charge in [0.1, 0.15) is 12.4 Å². The van der Waals surface area contributed by atoms with E-state index < -0.39 is 0 Å². The monoisotopic (exact) mass is 337 g/mol. The zero-order valence-corrected chi connectivity index (χ0v) is 13.6. The first kappa shape index (κ1) is 15.4. The van der Waals surface area contributed by atoms with Gasteiger partial charge in [0.25, 0.3) is 5.91 Å². The number of nitrogens with zero attached hydrogens (tertiary/aromatic N) is 2. The number of amides is 1. The standard InChI is InChI=1S/C19H16FN3O2/c1-23-7-6-18(22-23)25-11-14-8-13-10-21-19(24)17(13)9-16(14)12-2-4-15(20)5-3-12/h2-9H,10-11H2,1H3,(H,21,24). The van der Waals surface area contributed by atoms with Crippen molar-refractivity contribution < 1.29 is 13.9 Å². The van der Waals surface area contributed by atoms with Crippen LogP contribution in [0.1, 0.15) is 21.5 Å². The Balaban J connectivity index is 1.73. The lowest BCUT2D eigenvalue weighted by Crippen LogP contribution is -2.12. The van der Waals surface area contributed by atoms with Gasteiger partial charge in [-0.15, -0.1) is 5.10 Å². The maximum atomic E-state index is 13.3. The number of aromatic nitrogens is 2. The first-order chi connectivity index (χ1) is 12.1. The van der Waals surface area contributed by atoms with Gasteiger partial charge in [0.05, 0.1) is 0 Å². The first-order valence-electron chi connectivity index (χ1n) is 7.92. The third kappa shape index (κ3) is 2.98. The second-order valence-electron chi connectivity index (χ2n) is 5.97. The molecule has 1 aromatic heterocycles. The second-order valence-corrected chi connectivity index (χ2v) is 5.97. The molecule has 25 heavy (non-hydrogen) atoms. The molecule has 0 saturated carbocycles. The number of halogens is 1. The Morgan fingerprint density at radius 1 is 1.20 bits per heavy atom. The molecule has 0 fully saturated rings. The number of carbonyl (C=O) groups excluding carboxylic acids is 1. The fourth-order valence-electron chi connectivity index (χ4n) is 2.96. The van der Waals surface area contributed by atoms with Gasteiger partial charge in [0, 0.05) is 31.4 Å². The molecule has 0 bridgehead atoms. The van der Waals surface area contributed by atoms with Crippen LogP contribution in [0.2, 0.25) is 0 Å². The molecular formula is C19H16FN3O2. The van der Waals surface area contributed by atoms with E-state index in [1.165, 1.54) is 12.1 Å². The van der Waals surface area contributed by atoms with E-state index in [2.05, 4.69) is 10.4 Å². The highest BCUT2D eigenvalue weighted by Crippen LogP contribution is 2.30. The molecule has 0 saturated heterocycles. The van der Waals surface area contributed by atoms with Gasteiger partial charge < -0.3 is 10.1 Å². The molecule has 0 atom stereocenters. The maximum Gasteiger partial charge on any atom is 0.251 e. The van der Waals surface area contributed by atoms with Crippen LogP contribution in [0.25, 0.3) is 11.1 Å². The average molecular weight is 337 g/mol. The predicted molar refractivity (Wildman–Crippen MR) is 90.5 cm³/mol. The van der Waals surface area contributed by atoms with E-state index in [9.17, 15) is 9.18 Å². The van der Waals surface area contributed by atoms with Crippen molar-refractivity contribution in [2.75, 3.05) is 0 Å². The summed E-state index contributed by atoms with van der Waals surface area (Å²) in [4.78, 5) is 12.0. The quantitative estimate of drug-likeness (QED) is 0.796. The molecule has 0 unspecified atom stereocenters. The Labute approximate surface area is 144 Å². The normalized spacial score (nSPS) is 12.8. The smallest absolute Gasteiger partial charge is 0.251 e. The summed E-state index contributed by atoms with van der Waals surface area (Å²) in [6.45, 7) is 0.819. The third-order valence-corrected chi connectivity index (χ3v) is 4.23. The zero-order valence-electron chi connectivity index (χ0n) is 13.6. The Morgan fingerprint density at radius 2 is 2.00 bits per heavy atom. The van der Waals surface area contributed by atoms with Gasteiger partial charge in [0.2, 0.25) is 5.88 Å². The molecule has 5 nitrogen and oxygen atoms in total. The topological polar surface area (TPSA) is 56.1 Å². The van der Waals surface area contributed by atoms with Crippen molar-refractivity contribution in [3.63, 3.8) is 0 Å². The van der Waals surface area contributed by atoms with Gasteiger partial charge in [0.15, 0.2) is 0 Å². The predicted octanol–water partition coefficient (Wildman–Crippen LogP) is 3.05. The molecule has 1 aliphatic rings. The minimum atomic E-state index is -0.297. The molecule has 0 aliphatic carbocycles. The molecule has 0 radical (unpaired) electrons. The number of rotatable bonds is 4. The summed E-state index contributed by atoms with van der Waals surface area (Å²) >= 11 is 0. The van der Waals surface area contributed by atoms with Crippen LogP contribution in [0.5, 0.6) is 5.88 Å². The Kier molecular flexibility index (Phi) is 3.72. The summed E-state index contributed by atoms with van der Waals surface area (Å²) in [6, 6.07) is 11.8. The number of benzene rings is 2. The number of ether oxygens (including phenoxy) is 1. The Bertz CT molecular complexity index is 948. The molecular weight excluding hydrogens is 321 g/mol. The highest BCUT2D eigenvalue weighted by atomic mass is 19.1. The van der Waals surface area contributed by atoms with Crippen LogP contribution in [0.15, 0.2) is 48.7 Å². The number of aryl methyl sites for hydroxylation is 1. The van der Waals surface area contributed by atoms with Crippen LogP contribution >= 0.6 is 0 Å². The number of nitrogens with one attached hydrogen (secondary N) is 1. The lowest BCUT2D eigenvalue weighted by atomic mass is 9.95. The van der Waals surface area contributed by atoms with Crippen molar-refractivity contribution in [1.82, 2.24) is 15.1 Å². The Morgan fingerprint density at radius 3 is 2.72 bits per heavy atom. The Hall–Kier alpha value is -3.15. The van der Waals surface area contributed by atoms with Crippen LogP contribution in [-0.4, -0.2) is 15.7 Å². The van der Waals surface area contributed by atoms with E-state index in [4.69, 9.17) is 4.74 Å². The molecule has 4 rings (SSSR count). The zero-order chi connectivity index (χ0) is 17.4. The van der Waals surface area contributed by atoms with Gasteiger partial charge in [-0.25, -0.2) is 4.39 Å². The summed E-state index contributed by atoms with van der Waals surface area (Å²) in [7, 11) is 1.82. The number of hydrogen-bond acceptors (Lipinski definition) is 3. The van der Waals surface area contributed by atoms with Gasteiger partial charge in [-0.2, -0.15) is 0 Å². The fourth-order valence-corrected chi connectivity index (χ4v) is 2.96. The maximum absolute atomic E-state index is 13.3. The molecule has 2 heterocycles. The molecule has 1 amide bonds. The van der Waals surface area contributed by atoms with Crippen LogP contribution in [0.3, 0.4) is 0 Å². The highest BCUT2D eigenvalue weighted by molar-refractivity contribution is 5.99. The summed E-state index contributed by atoms with van der Waals surface area (Å²) in [6.07, 6.45) is 1.81. The van der Waals surface area contributed by atoms with Crippen molar-refractivity contribution in [3.8, 4) is 17.0 Å². The molecule has 1 aliphatic heterocycles. The van der Waals surface area contributed by atoms with Gasteiger partial charge in [-0.3, -0.25) is 9.48 Å². The lowest BCUT2D eigenvalue weighted by Gasteiger charge is -2.12. The van der Waals surface area contributed by atoms with Crippen LogP contribution in [0, 0.1) is 5.82 Å². The van der Waals surface area contributed by atoms with Crippen LogP contribution in [0.4, 0.5) is 4.39 Å². The molecule has 2 aromatic carbocycles. The van der Waals surface area contributed by atoms with E-state index >= 15 is 0 Å². The van der Waals surface area contributed by atoms with Crippen molar-refractivity contribution in [2.45, 2.75) is 13.2 Å². The lowest BCUT2D eigenvalue weighted by molar-refractivity contribution is 0.0966. The summed E-state index contributed by atoms with van der Waals surface area (Å²) in [5.41, 5.74) is 4.21. The second kappa shape index (κ2) is 6.05. The first-order valence-corrected chi connectivity index (χ1v) is 7.92. The molecule has 1 N–H and O–H groups in total. The largest absolute Gasteiger partial charge is 0.472 e. The molecule has 126 valence electrons. The molecule has 0 spiro atoms. The minimum Gasteiger partial charge on any atom is -0.472 e. The SMILES string of the molecule is Cn1ccc(OCc2cc3c(cc2-c2ccc(F)cc2)C(=O)NC3)n1. The number of fused-ring (bicyclic) bond motifs is 1. The van der Waals surface area contributed by atoms with Crippen LogP contribution in [-0.2, 0) is 20.2 Å². The molecule has 6 heteroatoms. The van der Waals surface area contributed by atoms with E-state index in [1.54, 1.807) is 22.9 Å². The summed E-state index contributed by atoms with van der Waals surface area (Å²) in [5.74, 6) is 0.145. The van der Waals surface area contributed by atoms with E-state index in [-0.39, 0.29) is 11.7 Å². The summed E-state index contributed by atoms with van der Waals surface area (Å²) in [5, 5.41) is 7.02. The summed E-state index contributed by atoms with van der Waals surface area (Å²) < 4.78 is 20.7. The molecule has 3 aromatic rings. The van der Waals surface area contributed by atoms with Gasteiger partial charge in [-0.05, 0) is 46.5 Å². The van der Waals surface area contributed by atoms with E-state index in [1.807, 2.05) is 25.4 Å².